The summed E-state index contributed by atoms with van der Waals surface area (Å²) in [6.45, 7) is 5.48. The Morgan fingerprint density at radius 3 is 2.68 bits per heavy atom. The predicted molar refractivity (Wildman–Crippen MR) is 97.8 cm³/mol. The van der Waals surface area contributed by atoms with E-state index in [2.05, 4.69) is 12.2 Å². The number of amides is 2. The zero-order valence-electron chi connectivity index (χ0n) is 14.7. The lowest BCUT2D eigenvalue weighted by Gasteiger charge is -2.35. The van der Waals surface area contributed by atoms with E-state index in [0.29, 0.717) is 19.5 Å². The number of hydrogen-bond donors (Lipinski definition) is 1. The molecule has 2 aliphatic rings. The average molecular weight is 368 g/mol. The van der Waals surface area contributed by atoms with Crippen LogP contribution in [0.25, 0.3) is 0 Å². The summed E-state index contributed by atoms with van der Waals surface area (Å²) >= 11 is 0. The summed E-state index contributed by atoms with van der Waals surface area (Å²) in [7, 11) is 1.63. The zero-order valence-corrected chi connectivity index (χ0v) is 15.6. The van der Waals surface area contributed by atoms with Crippen molar-refractivity contribution in [3.63, 3.8) is 0 Å². The summed E-state index contributed by atoms with van der Waals surface area (Å²) < 4.78 is 5.15. The Kier molecular flexibility index (Phi) is 6.67. The van der Waals surface area contributed by atoms with E-state index in [-0.39, 0.29) is 36.2 Å². The number of nitrogens with one attached hydrogen (secondary N) is 1. The highest BCUT2D eigenvalue weighted by atomic mass is 35.5. The van der Waals surface area contributed by atoms with Crippen molar-refractivity contribution in [2.24, 2.45) is 5.92 Å². The largest absolute Gasteiger partial charge is 0.497 e. The van der Waals surface area contributed by atoms with Gasteiger partial charge in [0.05, 0.1) is 13.0 Å². The molecule has 1 N–H and O–H groups in total. The second-order valence-electron chi connectivity index (χ2n) is 6.61. The lowest BCUT2D eigenvalue weighted by atomic mass is 10.1. The van der Waals surface area contributed by atoms with Crippen molar-refractivity contribution >= 4 is 24.2 Å². The van der Waals surface area contributed by atoms with E-state index in [1.807, 2.05) is 29.2 Å². The van der Waals surface area contributed by atoms with Crippen LogP contribution in [0.2, 0.25) is 0 Å². The van der Waals surface area contributed by atoms with Crippen LogP contribution in [0.4, 0.5) is 0 Å². The molecular weight excluding hydrogens is 342 g/mol. The third kappa shape index (κ3) is 4.44. The number of hydrogen-bond acceptors (Lipinski definition) is 4. The van der Waals surface area contributed by atoms with Crippen molar-refractivity contribution < 1.29 is 14.3 Å². The maximum absolute atomic E-state index is 12.7. The molecule has 2 atom stereocenters. The van der Waals surface area contributed by atoms with E-state index >= 15 is 0 Å². The van der Waals surface area contributed by atoms with Gasteiger partial charge in [0.2, 0.25) is 11.8 Å². The Bertz CT molecular complexity index is 608. The molecule has 1 unspecified atom stereocenters. The summed E-state index contributed by atoms with van der Waals surface area (Å²) in [5.74, 6) is 0.769. The summed E-state index contributed by atoms with van der Waals surface area (Å²) in [4.78, 5) is 28.8. The van der Waals surface area contributed by atoms with E-state index in [0.717, 1.165) is 30.9 Å². The fourth-order valence-corrected chi connectivity index (χ4v) is 3.44. The van der Waals surface area contributed by atoms with Crippen LogP contribution in [0.5, 0.6) is 5.75 Å². The van der Waals surface area contributed by atoms with Crippen molar-refractivity contribution in [1.82, 2.24) is 15.1 Å². The summed E-state index contributed by atoms with van der Waals surface area (Å²) in [5, 5.41) is 3.29. The normalized spacial score (nSPS) is 23.4. The molecule has 0 aliphatic carbocycles. The second-order valence-corrected chi connectivity index (χ2v) is 6.61. The van der Waals surface area contributed by atoms with Gasteiger partial charge in [0, 0.05) is 45.2 Å². The van der Waals surface area contributed by atoms with Crippen LogP contribution >= 0.6 is 12.4 Å². The number of likely N-dealkylation sites (tertiary alicyclic amines) is 1. The standard InChI is InChI=1S/C18H25N3O3.ClH/c1-13-10-19-7-8-21(13)18(23)15-9-17(22)20(12-15)11-14-3-5-16(24-2)6-4-14;/h3-6,13,15,19H,7-12H2,1-2H3;1H/t13-,15?;/m0./s1. The maximum atomic E-state index is 12.7. The molecule has 0 saturated carbocycles. The Balaban J connectivity index is 0.00000225. The first-order chi connectivity index (χ1) is 11.6. The van der Waals surface area contributed by atoms with Gasteiger partial charge >= 0.3 is 0 Å². The molecule has 0 radical (unpaired) electrons. The molecule has 2 saturated heterocycles. The van der Waals surface area contributed by atoms with Crippen molar-refractivity contribution in [3.8, 4) is 5.75 Å². The van der Waals surface area contributed by atoms with Gasteiger partial charge < -0.3 is 19.9 Å². The van der Waals surface area contributed by atoms with Gasteiger partial charge in [0.15, 0.2) is 0 Å². The Hall–Kier alpha value is -1.79. The van der Waals surface area contributed by atoms with Crippen LogP contribution in [0.3, 0.4) is 0 Å². The van der Waals surface area contributed by atoms with Crippen molar-refractivity contribution in [2.75, 3.05) is 33.3 Å². The van der Waals surface area contributed by atoms with E-state index in [9.17, 15) is 9.59 Å². The van der Waals surface area contributed by atoms with Gasteiger partial charge in [-0.1, -0.05) is 12.1 Å². The van der Waals surface area contributed by atoms with Crippen molar-refractivity contribution in [1.29, 1.82) is 0 Å². The number of methoxy groups -OCH3 is 1. The van der Waals surface area contributed by atoms with Gasteiger partial charge in [-0.15, -0.1) is 12.4 Å². The number of piperazine rings is 1. The average Bonchev–Trinajstić information content (AvgIpc) is 2.96. The number of carbonyl (C=O) groups is 2. The van der Waals surface area contributed by atoms with Crippen LogP contribution in [0, 0.1) is 5.92 Å². The van der Waals surface area contributed by atoms with Crippen LogP contribution in [-0.2, 0) is 16.1 Å². The Labute approximate surface area is 154 Å². The fraction of sp³-hybridized carbons (Fsp3) is 0.556. The Morgan fingerprint density at radius 2 is 2.04 bits per heavy atom. The molecule has 1 aromatic carbocycles. The number of rotatable bonds is 4. The third-order valence-corrected chi connectivity index (χ3v) is 4.88. The molecule has 0 spiro atoms. The molecule has 25 heavy (non-hydrogen) atoms. The fourth-order valence-electron chi connectivity index (χ4n) is 3.44. The first-order valence-corrected chi connectivity index (χ1v) is 8.50. The molecule has 0 aromatic heterocycles. The number of ether oxygens (including phenoxy) is 1. The SMILES string of the molecule is COc1ccc(CN2CC(C(=O)N3CCNC[C@@H]3C)CC2=O)cc1.Cl. The lowest BCUT2D eigenvalue weighted by Crippen LogP contribution is -2.54. The minimum Gasteiger partial charge on any atom is -0.497 e. The first kappa shape index (κ1) is 19.5. The quantitative estimate of drug-likeness (QED) is 0.871. The van der Waals surface area contributed by atoms with Crippen LogP contribution < -0.4 is 10.1 Å². The molecule has 138 valence electrons. The van der Waals surface area contributed by atoms with Gasteiger partial charge in [0.25, 0.3) is 0 Å². The van der Waals surface area contributed by atoms with Crippen LogP contribution in [0.1, 0.15) is 18.9 Å². The minimum absolute atomic E-state index is 0. The molecule has 2 aliphatic heterocycles. The molecule has 2 amide bonds. The predicted octanol–water partition coefficient (Wildman–Crippen LogP) is 1.29. The van der Waals surface area contributed by atoms with Crippen LogP contribution in [0.15, 0.2) is 24.3 Å². The maximum Gasteiger partial charge on any atom is 0.228 e. The molecular formula is C18H26ClN3O3. The summed E-state index contributed by atoms with van der Waals surface area (Å²) in [5.41, 5.74) is 1.05. The molecule has 0 bridgehead atoms. The summed E-state index contributed by atoms with van der Waals surface area (Å²) in [6.07, 6.45) is 0.325. The third-order valence-electron chi connectivity index (χ3n) is 4.88. The van der Waals surface area contributed by atoms with E-state index < -0.39 is 0 Å². The number of halogens is 1. The molecule has 3 rings (SSSR count). The zero-order chi connectivity index (χ0) is 17.1. The second kappa shape index (κ2) is 8.54. The highest BCUT2D eigenvalue weighted by Crippen LogP contribution is 2.24. The molecule has 7 heteroatoms. The first-order valence-electron chi connectivity index (χ1n) is 8.50. The highest BCUT2D eigenvalue weighted by Gasteiger charge is 2.38. The lowest BCUT2D eigenvalue weighted by molar-refractivity contribution is -0.138. The molecule has 1 aromatic rings. The molecule has 6 nitrogen and oxygen atoms in total. The van der Waals surface area contributed by atoms with E-state index in [4.69, 9.17) is 4.74 Å². The topological polar surface area (TPSA) is 61.9 Å². The van der Waals surface area contributed by atoms with Gasteiger partial charge in [-0.05, 0) is 24.6 Å². The van der Waals surface area contributed by atoms with Crippen LogP contribution in [-0.4, -0.2) is 60.9 Å². The number of nitrogens with zero attached hydrogens (tertiary/aromatic N) is 2. The highest BCUT2D eigenvalue weighted by molar-refractivity contribution is 5.89. The molecule has 2 fully saturated rings. The smallest absolute Gasteiger partial charge is 0.228 e. The number of benzene rings is 1. The number of carbonyl (C=O) groups excluding carboxylic acids is 2. The monoisotopic (exact) mass is 367 g/mol. The minimum atomic E-state index is -0.212. The molecule has 2 heterocycles. The van der Waals surface area contributed by atoms with Gasteiger partial charge in [0.1, 0.15) is 5.75 Å². The van der Waals surface area contributed by atoms with Gasteiger partial charge in [-0.3, -0.25) is 9.59 Å². The van der Waals surface area contributed by atoms with Crippen molar-refractivity contribution in [2.45, 2.75) is 25.9 Å². The Morgan fingerprint density at radius 1 is 1.32 bits per heavy atom. The van der Waals surface area contributed by atoms with E-state index in [1.54, 1.807) is 12.0 Å². The summed E-state index contributed by atoms with van der Waals surface area (Å²) in [6, 6.07) is 7.89. The van der Waals surface area contributed by atoms with Gasteiger partial charge in [-0.25, -0.2) is 0 Å². The van der Waals surface area contributed by atoms with Gasteiger partial charge in [-0.2, -0.15) is 0 Å². The van der Waals surface area contributed by atoms with Crippen molar-refractivity contribution in [3.05, 3.63) is 29.8 Å². The van der Waals surface area contributed by atoms with E-state index in [1.165, 1.54) is 0 Å².